The van der Waals surface area contributed by atoms with E-state index < -0.39 is 62.7 Å². The van der Waals surface area contributed by atoms with E-state index in [1.54, 1.807) is 39.0 Å². The van der Waals surface area contributed by atoms with E-state index in [0.29, 0.717) is 18.5 Å². The Morgan fingerprint density at radius 1 is 1.05 bits per heavy atom. The largest absolute Gasteiger partial charge is 0.460 e. The third-order valence-electron chi connectivity index (χ3n) is 6.52. The highest BCUT2D eigenvalue weighted by molar-refractivity contribution is 7.93. The predicted octanol–water partition coefficient (Wildman–Crippen LogP) is 2.76. The molecule has 0 saturated carbocycles. The second-order valence-electron chi connectivity index (χ2n) is 12.6. The quantitative estimate of drug-likeness (QED) is 0.417. The molecule has 11 nitrogen and oxygen atoms in total. The first-order valence-corrected chi connectivity index (χ1v) is 15.7. The summed E-state index contributed by atoms with van der Waals surface area (Å²) in [5, 5.41) is 7.27. The Bertz CT molecular complexity index is 1490. The van der Waals surface area contributed by atoms with Gasteiger partial charge in [-0.25, -0.2) is 13.4 Å². The molecule has 0 bridgehead atoms. The summed E-state index contributed by atoms with van der Waals surface area (Å²) in [5.41, 5.74) is -0.652. The van der Waals surface area contributed by atoms with Crippen LogP contribution < -0.4 is 10.6 Å². The molecule has 1 aliphatic heterocycles. The van der Waals surface area contributed by atoms with Crippen LogP contribution in [0.3, 0.4) is 0 Å². The summed E-state index contributed by atoms with van der Waals surface area (Å²) >= 11 is 0. The number of pyridine rings is 1. The van der Waals surface area contributed by atoms with Gasteiger partial charge in [-0.05, 0) is 44.7 Å². The number of carbonyl (C=O) groups is 4. The van der Waals surface area contributed by atoms with Gasteiger partial charge in [0.2, 0.25) is 11.8 Å². The highest BCUT2D eigenvalue weighted by atomic mass is 32.2. The number of amides is 3. The van der Waals surface area contributed by atoms with E-state index in [1.165, 1.54) is 11.0 Å². The average Bonchev–Trinajstić information content (AvgIpc) is 2.82. The number of sulfone groups is 1. The Morgan fingerprint density at radius 2 is 1.71 bits per heavy atom. The number of rotatable bonds is 9. The van der Waals surface area contributed by atoms with Gasteiger partial charge in [0.15, 0.2) is 9.84 Å². The molecule has 1 aromatic carbocycles. The van der Waals surface area contributed by atoms with Crippen LogP contribution in [0.1, 0.15) is 64.9 Å². The Labute approximate surface area is 247 Å². The zero-order valence-corrected chi connectivity index (χ0v) is 25.9. The maximum absolute atomic E-state index is 13.7. The summed E-state index contributed by atoms with van der Waals surface area (Å²) < 4.78 is 28.7. The first-order chi connectivity index (χ1) is 19.3. The van der Waals surface area contributed by atoms with Gasteiger partial charge >= 0.3 is 5.97 Å². The minimum atomic E-state index is -3.53. The lowest BCUT2D eigenvalue weighted by Crippen LogP contribution is -2.65. The van der Waals surface area contributed by atoms with Crippen molar-refractivity contribution in [2.45, 2.75) is 78.1 Å². The molecule has 42 heavy (non-hydrogen) atoms. The highest BCUT2D eigenvalue weighted by Gasteiger charge is 2.44. The topological polar surface area (TPSA) is 152 Å². The number of carbonyl (C=O) groups excluding carboxylic acids is 4. The van der Waals surface area contributed by atoms with Gasteiger partial charge in [0.25, 0.3) is 5.91 Å². The molecule has 3 atom stereocenters. The zero-order chi connectivity index (χ0) is 31.5. The van der Waals surface area contributed by atoms with Crippen LogP contribution in [0.2, 0.25) is 0 Å². The summed E-state index contributed by atoms with van der Waals surface area (Å²) in [6.45, 7) is 10.8. The number of fused-ring (bicyclic) bond motifs is 1. The smallest absolute Gasteiger partial charge is 0.308 e. The van der Waals surface area contributed by atoms with Crippen LogP contribution in [0.25, 0.3) is 10.9 Å². The van der Waals surface area contributed by atoms with Crippen molar-refractivity contribution >= 4 is 44.4 Å². The third-order valence-corrected chi connectivity index (χ3v) is 7.17. The van der Waals surface area contributed by atoms with Gasteiger partial charge in [0.1, 0.15) is 23.4 Å². The molecule has 12 heteroatoms. The SMILES string of the molecule is CC(C)(C)OC(=O)C[C@@H](C=CS(C)(=O)=O)NC(=O)[C@H]1CCN1C(=O)[C@@H](NC(=O)c1ccc2ccccc2n1)C(C)(C)C. The van der Waals surface area contributed by atoms with E-state index in [1.807, 2.05) is 39.0 Å². The minimum Gasteiger partial charge on any atom is -0.460 e. The number of ether oxygens (including phenoxy) is 1. The van der Waals surface area contributed by atoms with Crippen LogP contribution in [-0.4, -0.2) is 78.5 Å². The normalized spacial score (nSPS) is 17.3. The maximum atomic E-state index is 13.7. The van der Waals surface area contributed by atoms with Crippen molar-refractivity contribution in [3.63, 3.8) is 0 Å². The molecular weight excluding hydrogens is 560 g/mol. The predicted molar refractivity (Wildman–Crippen MR) is 159 cm³/mol. The maximum Gasteiger partial charge on any atom is 0.308 e. The average molecular weight is 601 g/mol. The van der Waals surface area contributed by atoms with Crippen LogP contribution in [0.5, 0.6) is 0 Å². The van der Waals surface area contributed by atoms with Crippen molar-refractivity contribution in [1.29, 1.82) is 0 Å². The molecule has 2 heterocycles. The van der Waals surface area contributed by atoms with Gasteiger partial charge in [0.05, 0.1) is 18.0 Å². The minimum absolute atomic E-state index is 0.163. The molecule has 2 N–H and O–H groups in total. The fourth-order valence-electron chi connectivity index (χ4n) is 4.38. The van der Waals surface area contributed by atoms with Gasteiger partial charge in [-0.2, -0.15) is 0 Å². The van der Waals surface area contributed by atoms with Crippen LogP contribution in [0.4, 0.5) is 0 Å². The van der Waals surface area contributed by atoms with Gasteiger partial charge in [-0.3, -0.25) is 19.2 Å². The van der Waals surface area contributed by atoms with E-state index in [4.69, 9.17) is 4.74 Å². The van der Waals surface area contributed by atoms with Crippen LogP contribution in [0.15, 0.2) is 47.9 Å². The number of benzene rings is 1. The fourth-order valence-corrected chi connectivity index (χ4v) is 4.86. The summed E-state index contributed by atoms with van der Waals surface area (Å²) in [5.74, 6) is -2.11. The Hall–Kier alpha value is -3.80. The molecular formula is C30H40N4O7S. The van der Waals surface area contributed by atoms with E-state index in [9.17, 15) is 27.6 Å². The fraction of sp³-hybridized carbons (Fsp3) is 0.500. The molecule has 1 aliphatic rings. The first kappa shape index (κ1) is 32.7. The van der Waals surface area contributed by atoms with Crippen molar-refractivity contribution in [3.05, 3.63) is 53.6 Å². The van der Waals surface area contributed by atoms with Crippen molar-refractivity contribution in [2.75, 3.05) is 12.8 Å². The monoisotopic (exact) mass is 600 g/mol. The Morgan fingerprint density at radius 3 is 2.29 bits per heavy atom. The number of nitrogens with zero attached hydrogens (tertiary/aromatic N) is 2. The first-order valence-electron chi connectivity index (χ1n) is 13.7. The molecule has 0 unspecified atom stereocenters. The number of esters is 1. The Balaban J connectivity index is 1.75. The van der Waals surface area contributed by atoms with Gasteiger partial charge < -0.3 is 20.3 Å². The van der Waals surface area contributed by atoms with Gasteiger partial charge in [-0.15, -0.1) is 0 Å². The van der Waals surface area contributed by atoms with Gasteiger partial charge in [0, 0.05) is 23.6 Å². The van der Waals surface area contributed by atoms with Crippen LogP contribution >= 0.6 is 0 Å². The lowest BCUT2D eigenvalue weighted by atomic mass is 9.84. The summed E-state index contributed by atoms with van der Waals surface area (Å²) in [4.78, 5) is 58.3. The molecule has 3 rings (SSSR count). The van der Waals surface area contributed by atoms with Crippen LogP contribution in [0, 0.1) is 5.41 Å². The molecule has 1 saturated heterocycles. The molecule has 0 radical (unpaired) electrons. The molecule has 1 aromatic heterocycles. The zero-order valence-electron chi connectivity index (χ0n) is 25.1. The molecule has 0 aliphatic carbocycles. The molecule has 1 fully saturated rings. The lowest BCUT2D eigenvalue weighted by molar-refractivity contribution is -0.156. The van der Waals surface area contributed by atoms with Crippen molar-refractivity contribution in [2.24, 2.45) is 5.41 Å². The van der Waals surface area contributed by atoms with Gasteiger partial charge in [-0.1, -0.05) is 51.1 Å². The second-order valence-corrected chi connectivity index (χ2v) is 14.5. The molecule has 228 valence electrons. The summed E-state index contributed by atoms with van der Waals surface area (Å²) in [6.07, 6.45) is 2.28. The van der Waals surface area contributed by atoms with Crippen LogP contribution in [-0.2, 0) is 29.0 Å². The number of likely N-dealkylation sites (tertiary alicyclic amines) is 1. The standard InChI is InChI=1S/C30H40N4O7S/c1-29(2,3)25(33-26(36)22-13-12-19-10-8-9-11-21(19)32-22)28(38)34-16-14-23(34)27(37)31-20(15-17-42(7,39)40)18-24(35)41-30(4,5)6/h8-13,15,17,20,23,25H,14,16,18H2,1-7H3,(H,31,37)(H,33,36)/t20-,23-,25-/m1/s1. The summed E-state index contributed by atoms with van der Waals surface area (Å²) in [7, 11) is -3.53. The van der Waals surface area contributed by atoms with E-state index in [2.05, 4.69) is 15.6 Å². The second kappa shape index (κ2) is 12.6. The van der Waals surface area contributed by atoms with Crippen molar-refractivity contribution in [1.82, 2.24) is 20.5 Å². The number of hydrogen-bond donors (Lipinski definition) is 2. The lowest BCUT2D eigenvalue weighted by Gasteiger charge is -2.44. The van der Waals surface area contributed by atoms with E-state index in [0.717, 1.165) is 17.1 Å². The van der Waals surface area contributed by atoms with Crippen molar-refractivity contribution in [3.8, 4) is 0 Å². The molecule has 0 spiro atoms. The Kier molecular flexibility index (Phi) is 9.81. The molecule has 3 amide bonds. The van der Waals surface area contributed by atoms with E-state index in [-0.39, 0.29) is 12.1 Å². The number of para-hydroxylation sites is 1. The molecule has 2 aromatic rings. The third kappa shape index (κ3) is 9.10. The van der Waals surface area contributed by atoms with E-state index >= 15 is 0 Å². The summed E-state index contributed by atoms with van der Waals surface area (Å²) in [6, 6.07) is 7.96. The number of hydrogen-bond acceptors (Lipinski definition) is 8. The van der Waals surface area contributed by atoms with Crippen molar-refractivity contribution < 1.29 is 32.3 Å². The number of nitrogens with one attached hydrogen (secondary N) is 2. The number of aromatic nitrogens is 1. The highest BCUT2D eigenvalue weighted by Crippen LogP contribution is 2.27.